The lowest BCUT2D eigenvalue weighted by Gasteiger charge is -2.19. The number of nitrogens with zero attached hydrogens (tertiary/aromatic N) is 1. The molecule has 8 nitrogen and oxygen atoms in total. The molecule has 1 atom stereocenters. The summed E-state index contributed by atoms with van der Waals surface area (Å²) in [6.07, 6.45) is 3.18. The van der Waals surface area contributed by atoms with Crippen LogP contribution in [0.2, 0.25) is 0 Å². The second kappa shape index (κ2) is 6.27. The van der Waals surface area contributed by atoms with E-state index in [9.17, 15) is 19.2 Å². The zero-order valence-corrected chi connectivity index (χ0v) is 15.6. The Kier molecular flexibility index (Phi) is 4.19. The van der Waals surface area contributed by atoms with Crippen LogP contribution in [0.1, 0.15) is 33.6 Å². The first-order chi connectivity index (χ1) is 12.4. The molecule has 1 aliphatic carbocycles. The number of carbonyl (C=O) groups excluding carboxylic acids is 4. The van der Waals surface area contributed by atoms with Gasteiger partial charge in [0.2, 0.25) is 5.91 Å². The number of anilines is 1. The van der Waals surface area contributed by atoms with E-state index in [1.807, 2.05) is 0 Å². The topological polar surface area (TPSA) is 122 Å². The lowest BCUT2D eigenvalue weighted by molar-refractivity contribution is -0.133. The second-order valence-corrected chi connectivity index (χ2v) is 8.89. The predicted molar refractivity (Wildman–Crippen MR) is 98.4 cm³/mol. The lowest BCUT2D eigenvalue weighted by atomic mass is 9.99. The Morgan fingerprint density at radius 3 is 2.81 bits per heavy atom. The van der Waals surface area contributed by atoms with Crippen LogP contribution >= 0.6 is 23.1 Å². The van der Waals surface area contributed by atoms with Crippen LogP contribution in [0.25, 0.3) is 0 Å². The molecule has 2 fully saturated rings. The van der Waals surface area contributed by atoms with Gasteiger partial charge in [-0.15, -0.1) is 11.3 Å². The first-order valence-corrected chi connectivity index (χ1v) is 10.3. The summed E-state index contributed by atoms with van der Waals surface area (Å²) in [6.45, 7) is -0.377. The number of nitrogens with one attached hydrogen (secondary N) is 2. The fourth-order valence-electron chi connectivity index (χ4n) is 3.71. The number of hydrogen-bond acceptors (Lipinski definition) is 6. The van der Waals surface area contributed by atoms with Gasteiger partial charge in [0.05, 0.1) is 5.56 Å². The van der Waals surface area contributed by atoms with E-state index in [0.29, 0.717) is 22.7 Å². The fraction of sp³-hybridized carbons (Fsp3) is 0.500. The minimum atomic E-state index is -0.871. The number of carbonyl (C=O) groups is 4. The van der Waals surface area contributed by atoms with Crippen molar-refractivity contribution in [2.75, 3.05) is 23.4 Å². The SMILES string of the molecule is NC(=O)c1c(NC(=O)CN2C(=O)N[C@]3(CCSC3)C2=O)sc2c1CCC2. The first-order valence-electron chi connectivity index (χ1n) is 8.37. The van der Waals surface area contributed by atoms with Crippen molar-refractivity contribution < 1.29 is 19.2 Å². The van der Waals surface area contributed by atoms with Gasteiger partial charge < -0.3 is 16.4 Å². The van der Waals surface area contributed by atoms with E-state index >= 15 is 0 Å². The molecule has 1 aromatic heterocycles. The standard InChI is InChI=1S/C16H18N4O4S2/c17-12(22)11-8-2-1-3-9(8)26-13(11)18-10(21)6-20-14(23)16(19-15(20)24)4-5-25-7-16/h1-7H2,(H2,17,22)(H,18,21)(H,19,24)/t16-/m0/s1. The molecule has 2 saturated heterocycles. The van der Waals surface area contributed by atoms with Crippen molar-refractivity contribution in [3.63, 3.8) is 0 Å². The summed E-state index contributed by atoms with van der Waals surface area (Å²) < 4.78 is 0. The zero-order valence-electron chi connectivity index (χ0n) is 13.9. The molecular weight excluding hydrogens is 376 g/mol. The summed E-state index contributed by atoms with van der Waals surface area (Å²) in [5.41, 5.74) is 5.88. The molecule has 26 heavy (non-hydrogen) atoms. The van der Waals surface area contributed by atoms with Crippen molar-refractivity contribution in [1.29, 1.82) is 0 Å². The van der Waals surface area contributed by atoms with E-state index < -0.39 is 23.4 Å². The van der Waals surface area contributed by atoms with Crippen LogP contribution in [-0.2, 0) is 22.4 Å². The lowest BCUT2D eigenvalue weighted by Crippen LogP contribution is -2.47. The summed E-state index contributed by atoms with van der Waals surface area (Å²) in [5, 5.41) is 5.80. The maximum absolute atomic E-state index is 12.6. The molecule has 1 spiro atoms. The summed E-state index contributed by atoms with van der Waals surface area (Å²) >= 11 is 2.95. The third-order valence-electron chi connectivity index (χ3n) is 4.99. The summed E-state index contributed by atoms with van der Waals surface area (Å²) in [6, 6.07) is -0.545. The van der Waals surface area contributed by atoms with Crippen molar-refractivity contribution in [2.45, 2.75) is 31.2 Å². The highest BCUT2D eigenvalue weighted by Crippen LogP contribution is 2.39. The highest BCUT2D eigenvalue weighted by molar-refractivity contribution is 7.99. The van der Waals surface area contributed by atoms with E-state index in [1.165, 1.54) is 11.3 Å². The van der Waals surface area contributed by atoms with E-state index in [4.69, 9.17) is 5.73 Å². The van der Waals surface area contributed by atoms with Crippen molar-refractivity contribution in [3.8, 4) is 0 Å². The quantitative estimate of drug-likeness (QED) is 0.649. The van der Waals surface area contributed by atoms with Crippen molar-refractivity contribution >= 4 is 51.9 Å². The number of amides is 5. The average molecular weight is 394 g/mol. The van der Waals surface area contributed by atoms with Crippen molar-refractivity contribution in [3.05, 3.63) is 16.0 Å². The molecule has 0 radical (unpaired) electrons. The molecule has 10 heteroatoms. The van der Waals surface area contributed by atoms with E-state index in [-0.39, 0.29) is 12.5 Å². The average Bonchev–Trinajstić information content (AvgIpc) is 3.30. The number of aryl methyl sites for hydroxylation is 1. The summed E-state index contributed by atoms with van der Waals surface area (Å²) in [4.78, 5) is 51.0. The highest BCUT2D eigenvalue weighted by Gasteiger charge is 2.53. The maximum Gasteiger partial charge on any atom is 0.325 e. The Morgan fingerprint density at radius 2 is 2.12 bits per heavy atom. The van der Waals surface area contributed by atoms with Gasteiger partial charge in [-0.1, -0.05) is 0 Å². The van der Waals surface area contributed by atoms with Crippen LogP contribution in [-0.4, -0.2) is 52.2 Å². The van der Waals surface area contributed by atoms with Crippen LogP contribution < -0.4 is 16.4 Å². The Balaban J connectivity index is 1.49. The van der Waals surface area contributed by atoms with E-state index in [0.717, 1.165) is 40.4 Å². The smallest absolute Gasteiger partial charge is 0.325 e. The van der Waals surface area contributed by atoms with Crippen LogP contribution in [0.3, 0.4) is 0 Å². The van der Waals surface area contributed by atoms with Gasteiger partial charge >= 0.3 is 6.03 Å². The Morgan fingerprint density at radius 1 is 1.31 bits per heavy atom. The number of rotatable bonds is 4. The molecule has 138 valence electrons. The molecule has 4 N–H and O–H groups in total. The van der Waals surface area contributed by atoms with Crippen LogP contribution in [0, 0.1) is 0 Å². The molecular formula is C16H18N4O4S2. The first kappa shape index (κ1) is 17.3. The molecule has 2 aliphatic heterocycles. The highest BCUT2D eigenvalue weighted by atomic mass is 32.2. The van der Waals surface area contributed by atoms with Crippen molar-refractivity contribution in [1.82, 2.24) is 10.2 Å². The largest absolute Gasteiger partial charge is 0.365 e. The number of imide groups is 1. The Labute approximate surface area is 157 Å². The van der Waals surface area contributed by atoms with Gasteiger partial charge in [0.1, 0.15) is 17.1 Å². The number of hydrogen-bond donors (Lipinski definition) is 3. The molecule has 1 aromatic rings. The molecule has 4 rings (SSSR count). The maximum atomic E-state index is 12.6. The van der Waals surface area contributed by atoms with E-state index in [2.05, 4.69) is 10.6 Å². The predicted octanol–water partition coefficient (Wildman–Crippen LogP) is 0.702. The molecule has 3 aliphatic rings. The fourth-order valence-corrected chi connectivity index (χ4v) is 6.35. The van der Waals surface area contributed by atoms with Gasteiger partial charge in [0, 0.05) is 10.6 Å². The van der Waals surface area contributed by atoms with Gasteiger partial charge in [-0.2, -0.15) is 11.8 Å². The molecule has 0 bridgehead atoms. The normalized spacial score (nSPS) is 24.2. The Bertz CT molecular complexity index is 828. The molecule has 0 unspecified atom stereocenters. The Hall–Kier alpha value is -2.07. The van der Waals surface area contributed by atoms with Gasteiger partial charge in [0.25, 0.3) is 11.8 Å². The third kappa shape index (κ3) is 2.67. The van der Waals surface area contributed by atoms with Gasteiger partial charge in [0.15, 0.2) is 0 Å². The number of thiophene rings is 1. The van der Waals surface area contributed by atoms with Crippen molar-refractivity contribution in [2.24, 2.45) is 5.73 Å². The number of thioether (sulfide) groups is 1. The number of urea groups is 1. The number of fused-ring (bicyclic) bond motifs is 1. The number of primary amides is 1. The zero-order chi connectivity index (χ0) is 18.5. The molecule has 3 heterocycles. The van der Waals surface area contributed by atoms with Crippen LogP contribution in [0.5, 0.6) is 0 Å². The third-order valence-corrected chi connectivity index (χ3v) is 7.39. The summed E-state index contributed by atoms with van der Waals surface area (Å²) in [7, 11) is 0. The monoisotopic (exact) mass is 394 g/mol. The minimum absolute atomic E-state index is 0.355. The summed E-state index contributed by atoms with van der Waals surface area (Å²) in [5.74, 6) is -0.116. The molecule has 0 saturated carbocycles. The van der Waals surface area contributed by atoms with Gasteiger partial charge in [-0.25, -0.2) is 4.79 Å². The van der Waals surface area contributed by atoms with E-state index in [1.54, 1.807) is 11.8 Å². The van der Waals surface area contributed by atoms with Gasteiger partial charge in [-0.3, -0.25) is 19.3 Å². The van der Waals surface area contributed by atoms with Crippen LogP contribution in [0.4, 0.5) is 9.80 Å². The molecule has 5 amide bonds. The van der Waals surface area contributed by atoms with Gasteiger partial charge in [-0.05, 0) is 37.0 Å². The second-order valence-electron chi connectivity index (χ2n) is 6.68. The molecule has 0 aromatic carbocycles. The minimum Gasteiger partial charge on any atom is -0.365 e. The number of nitrogens with two attached hydrogens (primary N) is 1. The van der Waals surface area contributed by atoms with Crippen LogP contribution in [0.15, 0.2) is 0 Å².